The van der Waals surface area contributed by atoms with E-state index < -0.39 is 5.97 Å². The number of ether oxygens (including phenoxy) is 1. The molecular formula is C16H17BrN2O3. The standard InChI is InChI=1S/C9H11BrN2O.C7H6O2/c10-9-2-1-8(5-12-9)13-6-7-3-4-11-7;8-7(9)6-4-2-1-3-5-6/h1-2,5,7,11H,3-4,6H2;1-5H,(H,8,9)/t7-;/m0./s1. The van der Waals surface area contributed by atoms with Crippen LogP contribution in [0.15, 0.2) is 53.3 Å². The first-order valence-corrected chi connectivity index (χ1v) is 7.70. The van der Waals surface area contributed by atoms with E-state index in [0.717, 1.165) is 23.5 Å². The number of hydrogen-bond donors (Lipinski definition) is 2. The molecule has 0 unspecified atom stereocenters. The van der Waals surface area contributed by atoms with Crippen LogP contribution in [0.2, 0.25) is 0 Å². The summed E-state index contributed by atoms with van der Waals surface area (Å²) >= 11 is 3.27. The minimum absolute atomic E-state index is 0.331. The second-order valence-corrected chi connectivity index (χ2v) is 5.55. The van der Waals surface area contributed by atoms with Crippen LogP contribution in [0.4, 0.5) is 0 Å². The minimum Gasteiger partial charge on any atom is -0.490 e. The van der Waals surface area contributed by atoms with Gasteiger partial charge in [-0.3, -0.25) is 0 Å². The van der Waals surface area contributed by atoms with Gasteiger partial charge in [-0.2, -0.15) is 0 Å². The average Bonchev–Trinajstić information content (AvgIpc) is 2.49. The van der Waals surface area contributed by atoms with Crippen LogP contribution in [-0.2, 0) is 0 Å². The van der Waals surface area contributed by atoms with E-state index in [1.54, 1.807) is 36.5 Å². The maximum absolute atomic E-state index is 10.2. The van der Waals surface area contributed by atoms with Crippen LogP contribution >= 0.6 is 15.9 Å². The SMILES string of the molecule is Brc1ccc(OC[C@@H]2CCN2)cn1.O=C(O)c1ccccc1. The number of nitrogens with one attached hydrogen (secondary N) is 1. The molecular weight excluding hydrogens is 348 g/mol. The Morgan fingerprint density at radius 3 is 2.50 bits per heavy atom. The molecule has 2 heterocycles. The van der Waals surface area contributed by atoms with Gasteiger partial charge in [0.1, 0.15) is 17.0 Å². The Morgan fingerprint density at radius 1 is 1.32 bits per heavy atom. The van der Waals surface area contributed by atoms with E-state index in [0.29, 0.717) is 11.6 Å². The second kappa shape index (κ2) is 8.51. The maximum atomic E-state index is 10.2. The van der Waals surface area contributed by atoms with E-state index in [9.17, 15) is 4.79 Å². The number of carbonyl (C=O) groups is 1. The zero-order chi connectivity index (χ0) is 15.8. The summed E-state index contributed by atoms with van der Waals surface area (Å²) in [4.78, 5) is 14.3. The predicted molar refractivity (Wildman–Crippen MR) is 87.2 cm³/mol. The lowest BCUT2D eigenvalue weighted by Crippen LogP contribution is -2.46. The molecule has 1 fully saturated rings. The second-order valence-electron chi connectivity index (χ2n) is 4.74. The lowest BCUT2D eigenvalue weighted by atomic mass is 10.1. The quantitative estimate of drug-likeness (QED) is 0.816. The first-order chi connectivity index (χ1) is 10.6. The van der Waals surface area contributed by atoms with Gasteiger partial charge in [-0.1, -0.05) is 18.2 Å². The van der Waals surface area contributed by atoms with Gasteiger partial charge in [0.05, 0.1) is 11.8 Å². The first-order valence-electron chi connectivity index (χ1n) is 6.91. The number of carboxylic acids is 1. The van der Waals surface area contributed by atoms with Crippen molar-refractivity contribution in [1.29, 1.82) is 0 Å². The summed E-state index contributed by atoms with van der Waals surface area (Å²) < 4.78 is 6.35. The lowest BCUT2D eigenvalue weighted by Gasteiger charge is -2.27. The fourth-order valence-corrected chi connectivity index (χ4v) is 1.95. The van der Waals surface area contributed by atoms with Crippen LogP contribution in [0.5, 0.6) is 5.75 Å². The molecule has 5 nitrogen and oxygen atoms in total. The molecule has 1 saturated heterocycles. The zero-order valence-corrected chi connectivity index (χ0v) is 13.5. The number of pyridine rings is 1. The molecule has 1 aromatic heterocycles. The molecule has 0 radical (unpaired) electrons. The molecule has 0 aliphatic carbocycles. The molecule has 0 amide bonds. The van der Waals surface area contributed by atoms with Gasteiger partial charge in [0.25, 0.3) is 0 Å². The maximum Gasteiger partial charge on any atom is 0.335 e. The smallest absolute Gasteiger partial charge is 0.335 e. The van der Waals surface area contributed by atoms with E-state index in [4.69, 9.17) is 9.84 Å². The molecule has 2 aromatic rings. The number of carboxylic acid groups (broad SMARTS) is 1. The summed E-state index contributed by atoms with van der Waals surface area (Å²) in [5, 5.41) is 11.7. The van der Waals surface area contributed by atoms with Crippen molar-refractivity contribution in [2.75, 3.05) is 13.2 Å². The van der Waals surface area contributed by atoms with Crippen LogP contribution in [-0.4, -0.2) is 35.3 Å². The Kier molecular flexibility index (Phi) is 6.36. The number of nitrogens with zero attached hydrogens (tertiary/aromatic N) is 1. The molecule has 0 bridgehead atoms. The van der Waals surface area contributed by atoms with Crippen molar-refractivity contribution in [2.45, 2.75) is 12.5 Å². The minimum atomic E-state index is -0.879. The van der Waals surface area contributed by atoms with Gasteiger partial charge in [-0.25, -0.2) is 9.78 Å². The third-order valence-electron chi connectivity index (χ3n) is 3.10. The van der Waals surface area contributed by atoms with Crippen molar-refractivity contribution in [3.8, 4) is 5.75 Å². The Hall–Kier alpha value is -1.92. The largest absolute Gasteiger partial charge is 0.490 e. The van der Waals surface area contributed by atoms with Gasteiger partial charge in [-0.15, -0.1) is 0 Å². The Morgan fingerprint density at radius 2 is 2.05 bits per heavy atom. The summed E-state index contributed by atoms with van der Waals surface area (Å²) in [6.45, 7) is 1.86. The van der Waals surface area contributed by atoms with E-state index >= 15 is 0 Å². The van der Waals surface area contributed by atoms with Crippen LogP contribution in [0.3, 0.4) is 0 Å². The van der Waals surface area contributed by atoms with E-state index in [1.165, 1.54) is 6.42 Å². The fraction of sp³-hybridized carbons (Fsp3) is 0.250. The summed E-state index contributed by atoms with van der Waals surface area (Å²) in [5.41, 5.74) is 0.331. The number of benzene rings is 1. The van der Waals surface area contributed by atoms with Gasteiger partial charge in [0.15, 0.2) is 0 Å². The number of halogens is 1. The number of aromatic carboxylic acids is 1. The highest BCUT2D eigenvalue weighted by Gasteiger charge is 2.16. The molecule has 1 aliphatic rings. The van der Waals surface area contributed by atoms with Gasteiger partial charge in [0.2, 0.25) is 0 Å². The van der Waals surface area contributed by atoms with Crippen LogP contribution in [0.1, 0.15) is 16.8 Å². The van der Waals surface area contributed by atoms with Crippen LogP contribution in [0, 0.1) is 0 Å². The van der Waals surface area contributed by atoms with Gasteiger partial charge in [0, 0.05) is 6.04 Å². The molecule has 116 valence electrons. The van der Waals surface area contributed by atoms with Crippen LogP contribution < -0.4 is 10.1 Å². The molecule has 6 heteroatoms. The number of rotatable bonds is 4. The molecule has 3 rings (SSSR count). The summed E-state index contributed by atoms with van der Waals surface area (Å²) in [5.74, 6) is -0.0486. The monoisotopic (exact) mass is 364 g/mol. The van der Waals surface area contributed by atoms with Crippen molar-refractivity contribution in [1.82, 2.24) is 10.3 Å². The Bertz CT molecular complexity index is 586. The van der Waals surface area contributed by atoms with Crippen molar-refractivity contribution in [3.05, 3.63) is 58.8 Å². The number of hydrogen-bond acceptors (Lipinski definition) is 4. The molecule has 1 atom stereocenters. The first kappa shape index (κ1) is 16.5. The lowest BCUT2D eigenvalue weighted by molar-refractivity contribution is 0.0697. The molecule has 0 spiro atoms. The fourth-order valence-electron chi connectivity index (χ4n) is 1.72. The zero-order valence-electron chi connectivity index (χ0n) is 11.9. The average molecular weight is 365 g/mol. The highest BCUT2D eigenvalue weighted by Crippen LogP contribution is 2.13. The van der Waals surface area contributed by atoms with Crippen molar-refractivity contribution >= 4 is 21.9 Å². The molecule has 2 N–H and O–H groups in total. The molecule has 0 saturated carbocycles. The van der Waals surface area contributed by atoms with Gasteiger partial charge >= 0.3 is 5.97 Å². The highest BCUT2D eigenvalue weighted by atomic mass is 79.9. The Balaban J connectivity index is 0.000000172. The van der Waals surface area contributed by atoms with Crippen molar-refractivity contribution in [2.24, 2.45) is 0 Å². The molecule has 22 heavy (non-hydrogen) atoms. The predicted octanol–water partition coefficient (Wildman–Crippen LogP) is 2.97. The van der Waals surface area contributed by atoms with E-state index in [2.05, 4.69) is 26.2 Å². The summed E-state index contributed by atoms with van der Waals surface area (Å²) in [6.07, 6.45) is 2.94. The topological polar surface area (TPSA) is 71.5 Å². The number of aromatic nitrogens is 1. The molecule has 1 aromatic carbocycles. The van der Waals surface area contributed by atoms with Crippen molar-refractivity contribution < 1.29 is 14.6 Å². The van der Waals surface area contributed by atoms with Gasteiger partial charge < -0.3 is 15.2 Å². The Labute approximate surface area is 137 Å². The molecule has 1 aliphatic heterocycles. The highest BCUT2D eigenvalue weighted by molar-refractivity contribution is 9.10. The normalized spacial score (nSPS) is 16.0. The third-order valence-corrected chi connectivity index (χ3v) is 3.57. The summed E-state index contributed by atoms with van der Waals surface area (Å²) in [7, 11) is 0. The summed E-state index contributed by atoms with van der Waals surface area (Å²) in [6, 6.07) is 12.6. The van der Waals surface area contributed by atoms with Crippen molar-refractivity contribution in [3.63, 3.8) is 0 Å². The van der Waals surface area contributed by atoms with E-state index in [1.807, 2.05) is 12.1 Å². The third kappa shape index (κ3) is 5.46. The van der Waals surface area contributed by atoms with Gasteiger partial charge in [-0.05, 0) is 53.2 Å². The van der Waals surface area contributed by atoms with Crippen LogP contribution in [0.25, 0.3) is 0 Å². The van der Waals surface area contributed by atoms with E-state index in [-0.39, 0.29) is 0 Å².